The number of nitrogens with zero attached hydrogens (tertiary/aromatic N) is 2. The summed E-state index contributed by atoms with van der Waals surface area (Å²) in [6.07, 6.45) is -1.58. The summed E-state index contributed by atoms with van der Waals surface area (Å²) >= 11 is 0. The first kappa shape index (κ1) is 18.8. The minimum atomic E-state index is -2.76. The van der Waals surface area contributed by atoms with Gasteiger partial charge >= 0.3 is 0 Å². The molecule has 1 amide bonds. The quantitative estimate of drug-likeness (QED) is 0.829. The molecule has 1 N–H and O–H groups in total. The molecule has 0 bridgehead atoms. The minimum absolute atomic E-state index is 0.0147. The van der Waals surface area contributed by atoms with Crippen molar-refractivity contribution in [3.05, 3.63) is 59.2 Å². The molecule has 0 aliphatic carbocycles. The van der Waals surface area contributed by atoms with Crippen LogP contribution in [0.4, 0.5) is 17.6 Å². The van der Waals surface area contributed by atoms with Gasteiger partial charge < -0.3 is 5.32 Å². The van der Waals surface area contributed by atoms with E-state index in [-0.39, 0.29) is 11.4 Å². The van der Waals surface area contributed by atoms with Crippen LogP contribution in [0.3, 0.4) is 0 Å². The highest BCUT2D eigenvalue weighted by atomic mass is 19.3. The number of benzene rings is 1. The van der Waals surface area contributed by atoms with Gasteiger partial charge in [0, 0.05) is 17.8 Å². The number of aromatic nitrogens is 2. The summed E-state index contributed by atoms with van der Waals surface area (Å²) in [5, 5.41) is 2.57. The average Bonchev–Trinajstić information content (AvgIpc) is 2.54. The molecule has 25 heavy (non-hydrogen) atoms. The Labute approximate surface area is 142 Å². The second-order valence-corrected chi connectivity index (χ2v) is 6.08. The lowest BCUT2D eigenvalue weighted by molar-refractivity contribution is -0.126. The van der Waals surface area contributed by atoms with E-state index in [0.29, 0.717) is 6.07 Å². The topological polar surface area (TPSA) is 54.9 Å². The van der Waals surface area contributed by atoms with Gasteiger partial charge in [-0.1, -0.05) is 6.07 Å². The second kappa shape index (κ2) is 7.16. The summed E-state index contributed by atoms with van der Waals surface area (Å²) in [5.41, 5.74) is -1.75. The highest BCUT2D eigenvalue weighted by molar-refractivity contribution is 5.87. The summed E-state index contributed by atoms with van der Waals surface area (Å²) in [5.74, 6) is -2.15. The van der Waals surface area contributed by atoms with Crippen molar-refractivity contribution >= 4 is 5.91 Å². The predicted octanol–water partition coefficient (Wildman–Crippen LogP) is 3.85. The zero-order valence-corrected chi connectivity index (χ0v) is 13.9. The maximum Gasteiger partial charge on any atom is 0.280 e. The molecule has 2 aromatic rings. The van der Waals surface area contributed by atoms with E-state index < -0.39 is 41.1 Å². The van der Waals surface area contributed by atoms with Crippen LogP contribution in [-0.4, -0.2) is 15.9 Å². The third kappa shape index (κ3) is 4.12. The van der Waals surface area contributed by atoms with Crippen LogP contribution in [0.15, 0.2) is 30.5 Å². The monoisotopic (exact) mass is 355 g/mol. The van der Waals surface area contributed by atoms with E-state index in [2.05, 4.69) is 15.3 Å². The van der Waals surface area contributed by atoms with E-state index in [1.165, 1.54) is 33.0 Å². The largest absolute Gasteiger partial charge is 0.346 e. The lowest BCUT2D eigenvalue weighted by Crippen LogP contribution is -2.42. The van der Waals surface area contributed by atoms with Crippen LogP contribution in [0, 0.1) is 11.6 Å². The van der Waals surface area contributed by atoms with Crippen LogP contribution >= 0.6 is 0 Å². The molecule has 0 aliphatic heterocycles. The van der Waals surface area contributed by atoms with Gasteiger partial charge in [0.15, 0.2) is 5.82 Å². The average molecular weight is 355 g/mol. The highest BCUT2D eigenvalue weighted by Gasteiger charge is 2.33. The van der Waals surface area contributed by atoms with E-state index in [1.807, 2.05) is 0 Å². The number of carbonyl (C=O) groups excluding carboxylic acids is 1. The van der Waals surface area contributed by atoms with Gasteiger partial charge in [0.25, 0.3) is 6.43 Å². The first-order chi connectivity index (χ1) is 11.6. The van der Waals surface area contributed by atoms with Crippen molar-refractivity contribution in [2.24, 2.45) is 0 Å². The minimum Gasteiger partial charge on any atom is -0.346 e. The number of hydrogen-bond acceptors (Lipinski definition) is 3. The van der Waals surface area contributed by atoms with E-state index in [0.717, 1.165) is 12.1 Å². The van der Waals surface area contributed by atoms with Gasteiger partial charge in [-0.3, -0.25) is 4.79 Å². The number of hydrogen-bond donors (Lipinski definition) is 1. The maximum atomic E-state index is 14.0. The van der Waals surface area contributed by atoms with Crippen molar-refractivity contribution < 1.29 is 22.4 Å². The molecule has 1 unspecified atom stereocenters. The number of rotatable bonds is 5. The van der Waals surface area contributed by atoms with E-state index in [1.54, 1.807) is 0 Å². The fraction of sp³-hybridized carbons (Fsp3) is 0.353. The van der Waals surface area contributed by atoms with Gasteiger partial charge in [0.2, 0.25) is 5.91 Å². The summed E-state index contributed by atoms with van der Waals surface area (Å²) < 4.78 is 52.5. The van der Waals surface area contributed by atoms with Crippen molar-refractivity contribution in [3.63, 3.8) is 0 Å². The molecular weight excluding hydrogens is 338 g/mol. The van der Waals surface area contributed by atoms with E-state index >= 15 is 0 Å². The van der Waals surface area contributed by atoms with Crippen molar-refractivity contribution in [1.29, 1.82) is 0 Å². The Morgan fingerprint density at radius 1 is 1.20 bits per heavy atom. The lowest BCUT2D eigenvalue weighted by atomic mass is 9.83. The molecule has 0 fully saturated rings. The molecule has 0 aliphatic rings. The molecule has 0 radical (unpaired) electrons. The first-order valence-corrected chi connectivity index (χ1v) is 7.50. The standard InChI is InChI=1S/C17H17F4N3O/c1-9(15-22-7-6-13(24-15)14(20)21)23-16(25)17(2,3)11-5-4-10(18)8-12(11)19/h4-9,14H,1-3H3,(H,23,25). The Morgan fingerprint density at radius 3 is 2.48 bits per heavy atom. The van der Waals surface area contributed by atoms with Crippen molar-refractivity contribution in [2.75, 3.05) is 0 Å². The predicted molar refractivity (Wildman–Crippen MR) is 82.9 cm³/mol. The van der Waals surface area contributed by atoms with Crippen LogP contribution in [0.25, 0.3) is 0 Å². The summed E-state index contributed by atoms with van der Waals surface area (Å²) in [6.45, 7) is 4.48. The van der Waals surface area contributed by atoms with Crippen molar-refractivity contribution in [1.82, 2.24) is 15.3 Å². The number of amides is 1. The van der Waals surface area contributed by atoms with E-state index in [4.69, 9.17) is 0 Å². The third-order valence-electron chi connectivity index (χ3n) is 3.83. The van der Waals surface area contributed by atoms with Crippen LogP contribution in [0.5, 0.6) is 0 Å². The zero-order valence-electron chi connectivity index (χ0n) is 13.9. The molecule has 0 spiro atoms. The number of halogens is 4. The molecule has 1 atom stereocenters. The SMILES string of the molecule is CC(NC(=O)C(C)(C)c1ccc(F)cc1F)c1nccc(C(F)F)n1. The zero-order chi connectivity index (χ0) is 18.8. The van der Waals surface area contributed by atoms with Crippen LogP contribution in [0.1, 0.15) is 50.3 Å². The van der Waals surface area contributed by atoms with Gasteiger partial charge in [0.1, 0.15) is 17.3 Å². The van der Waals surface area contributed by atoms with Gasteiger partial charge in [-0.25, -0.2) is 27.5 Å². The fourth-order valence-electron chi connectivity index (χ4n) is 2.28. The van der Waals surface area contributed by atoms with Crippen molar-refractivity contribution in [2.45, 2.75) is 38.7 Å². The molecule has 0 saturated carbocycles. The van der Waals surface area contributed by atoms with Crippen molar-refractivity contribution in [3.8, 4) is 0 Å². The Bertz CT molecular complexity index is 780. The van der Waals surface area contributed by atoms with E-state index in [9.17, 15) is 22.4 Å². The van der Waals surface area contributed by atoms with Gasteiger partial charge in [-0.05, 0) is 32.9 Å². The molecule has 134 valence electrons. The molecule has 8 heteroatoms. The molecule has 1 heterocycles. The third-order valence-corrected chi connectivity index (χ3v) is 3.83. The second-order valence-electron chi connectivity index (χ2n) is 6.08. The fourth-order valence-corrected chi connectivity index (χ4v) is 2.28. The Morgan fingerprint density at radius 2 is 1.88 bits per heavy atom. The Hall–Kier alpha value is -2.51. The number of alkyl halides is 2. The Kier molecular flexibility index (Phi) is 5.39. The highest BCUT2D eigenvalue weighted by Crippen LogP contribution is 2.27. The molecule has 1 aromatic heterocycles. The maximum absolute atomic E-state index is 14.0. The molecule has 1 aromatic carbocycles. The summed E-state index contributed by atoms with van der Waals surface area (Å²) in [4.78, 5) is 20.1. The normalized spacial score (nSPS) is 13.0. The summed E-state index contributed by atoms with van der Waals surface area (Å²) in [7, 11) is 0. The number of carbonyl (C=O) groups is 1. The van der Waals surface area contributed by atoms with Gasteiger partial charge in [-0.2, -0.15) is 0 Å². The van der Waals surface area contributed by atoms with Gasteiger partial charge in [-0.15, -0.1) is 0 Å². The molecule has 2 rings (SSSR count). The summed E-state index contributed by atoms with van der Waals surface area (Å²) in [6, 6.07) is 3.27. The molecule has 0 saturated heterocycles. The lowest BCUT2D eigenvalue weighted by Gasteiger charge is -2.26. The van der Waals surface area contributed by atoms with Crippen LogP contribution in [-0.2, 0) is 10.2 Å². The van der Waals surface area contributed by atoms with Crippen LogP contribution in [0.2, 0.25) is 0 Å². The smallest absolute Gasteiger partial charge is 0.280 e. The number of nitrogens with one attached hydrogen (secondary N) is 1. The molecule has 4 nitrogen and oxygen atoms in total. The first-order valence-electron chi connectivity index (χ1n) is 7.50. The van der Waals surface area contributed by atoms with Gasteiger partial charge in [0.05, 0.1) is 11.5 Å². The van der Waals surface area contributed by atoms with Crippen LogP contribution < -0.4 is 5.32 Å². The molecular formula is C17H17F4N3O. The Balaban J connectivity index is 2.21.